The van der Waals surface area contributed by atoms with Crippen LogP contribution in [0.25, 0.3) is 0 Å². The van der Waals surface area contributed by atoms with Gasteiger partial charge in [0.05, 0.1) is 12.5 Å². The third-order valence-corrected chi connectivity index (χ3v) is 2.79. The summed E-state index contributed by atoms with van der Waals surface area (Å²) in [7, 11) is 0. The molecular weight excluding hydrogens is 270 g/mol. The molecule has 0 aliphatic rings. The minimum Gasteiger partial charge on any atom is -0.481 e. The molecule has 2 aromatic carbocycles. The minimum absolute atomic E-state index is 0.186. The van der Waals surface area contributed by atoms with E-state index in [4.69, 9.17) is 9.84 Å². The van der Waals surface area contributed by atoms with Crippen molar-refractivity contribution < 1.29 is 19.7 Å². The van der Waals surface area contributed by atoms with Crippen molar-refractivity contribution >= 4 is 11.7 Å². The van der Waals surface area contributed by atoms with Gasteiger partial charge >= 0.3 is 5.97 Å². The highest BCUT2D eigenvalue weighted by Gasteiger charge is 2.08. The van der Waals surface area contributed by atoms with Crippen molar-refractivity contribution in [1.82, 2.24) is 0 Å². The van der Waals surface area contributed by atoms with E-state index in [0.717, 1.165) is 11.4 Å². The molecule has 0 saturated heterocycles. The normalized spacial score (nSPS) is 11.7. The Morgan fingerprint density at radius 2 is 1.67 bits per heavy atom. The molecule has 0 aromatic heterocycles. The zero-order valence-electron chi connectivity index (χ0n) is 11.4. The van der Waals surface area contributed by atoms with Crippen LogP contribution in [-0.4, -0.2) is 28.8 Å². The molecule has 0 radical (unpaired) electrons. The molecule has 0 heterocycles. The number of anilines is 1. The summed E-state index contributed by atoms with van der Waals surface area (Å²) in [6, 6.07) is 16.7. The molecule has 0 spiro atoms. The summed E-state index contributed by atoms with van der Waals surface area (Å²) in [4.78, 5) is 10.4. The van der Waals surface area contributed by atoms with E-state index in [0.29, 0.717) is 5.75 Å². The molecule has 5 heteroatoms. The van der Waals surface area contributed by atoms with Crippen LogP contribution >= 0.6 is 0 Å². The van der Waals surface area contributed by atoms with Gasteiger partial charge in [0.15, 0.2) is 0 Å². The first-order valence-corrected chi connectivity index (χ1v) is 6.60. The van der Waals surface area contributed by atoms with E-state index in [1.54, 1.807) is 12.1 Å². The second kappa shape index (κ2) is 7.31. The van der Waals surface area contributed by atoms with Gasteiger partial charge < -0.3 is 20.3 Å². The van der Waals surface area contributed by atoms with Crippen LogP contribution in [0.4, 0.5) is 5.69 Å². The number of rotatable bonds is 7. The monoisotopic (exact) mass is 287 g/mol. The van der Waals surface area contributed by atoms with E-state index in [1.807, 2.05) is 42.5 Å². The Morgan fingerprint density at radius 3 is 2.29 bits per heavy atom. The Kier molecular flexibility index (Phi) is 5.17. The summed E-state index contributed by atoms with van der Waals surface area (Å²) in [6.45, 7) is 0.186. The van der Waals surface area contributed by atoms with E-state index in [1.165, 1.54) is 0 Å². The first-order chi connectivity index (χ1) is 10.1. The molecule has 1 atom stereocenters. The van der Waals surface area contributed by atoms with Crippen LogP contribution in [0.5, 0.6) is 11.5 Å². The standard InChI is InChI=1S/C16H17NO4/c18-13(10-16(19)20)11-17-12-6-8-15(9-7-12)21-14-4-2-1-3-5-14/h1-9,13,17-18H,10-11H2,(H,19,20). The van der Waals surface area contributed by atoms with Gasteiger partial charge in [-0.25, -0.2) is 0 Å². The van der Waals surface area contributed by atoms with Gasteiger partial charge in [-0.15, -0.1) is 0 Å². The minimum atomic E-state index is -1.02. The molecule has 21 heavy (non-hydrogen) atoms. The van der Waals surface area contributed by atoms with Crippen molar-refractivity contribution in [1.29, 1.82) is 0 Å². The van der Waals surface area contributed by atoms with Crippen molar-refractivity contribution in [2.45, 2.75) is 12.5 Å². The number of nitrogens with one attached hydrogen (secondary N) is 1. The number of carboxylic acids is 1. The van der Waals surface area contributed by atoms with E-state index in [-0.39, 0.29) is 13.0 Å². The zero-order valence-corrected chi connectivity index (χ0v) is 11.4. The lowest BCUT2D eigenvalue weighted by atomic mass is 10.2. The lowest BCUT2D eigenvalue weighted by Crippen LogP contribution is -2.22. The smallest absolute Gasteiger partial charge is 0.306 e. The molecule has 0 aliphatic heterocycles. The first kappa shape index (κ1) is 14.9. The molecule has 0 amide bonds. The Morgan fingerprint density at radius 1 is 1.05 bits per heavy atom. The lowest BCUT2D eigenvalue weighted by Gasteiger charge is -2.11. The number of carboxylic acid groups (broad SMARTS) is 1. The topological polar surface area (TPSA) is 78.8 Å². The van der Waals surface area contributed by atoms with Gasteiger partial charge in [0.25, 0.3) is 0 Å². The molecule has 5 nitrogen and oxygen atoms in total. The average Bonchev–Trinajstić information content (AvgIpc) is 2.47. The Hall–Kier alpha value is -2.53. The van der Waals surface area contributed by atoms with Gasteiger partial charge in [-0.05, 0) is 36.4 Å². The van der Waals surface area contributed by atoms with Crippen molar-refractivity contribution in [2.75, 3.05) is 11.9 Å². The van der Waals surface area contributed by atoms with Gasteiger partial charge in [-0.3, -0.25) is 4.79 Å². The molecule has 0 fully saturated rings. The van der Waals surface area contributed by atoms with Gasteiger partial charge in [0.2, 0.25) is 0 Å². The zero-order chi connectivity index (χ0) is 15.1. The largest absolute Gasteiger partial charge is 0.481 e. The number of hydrogen-bond donors (Lipinski definition) is 3. The fraction of sp³-hybridized carbons (Fsp3) is 0.188. The van der Waals surface area contributed by atoms with E-state index >= 15 is 0 Å². The predicted molar refractivity (Wildman–Crippen MR) is 79.7 cm³/mol. The molecule has 0 saturated carbocycles. The average molecular weight is 287 g/mol. The van der Waals surface area contributed by atoms with Crippen molar-refractivity contribution in [3.63, 3.8) is 0 Å². The summed E-state index contributed by atoms with van der Waals surface area (Å²) in [5.41, 5.74) is 0.792. The highest BCUT2D eigenvalue weighted by Crippen LogP contribution is 2.22. The molecular formula is C16H17NO4. The third kappa shape index (κ3) is 5.16. The molecule has 3 N–H and O–H groups in total. The number of aliphatic carboxylic acids is 1. The lowest BCUT2D eigenvalue weighted by molar-refractivity contribution is -0.138. The number of carbonyl (C=O) groups is 1. The number of aliphatic hydroxyl groups excluding tert-OH is 1. The van der Waals surface area contributed by atoms with Crippen LogP contribution in [0.15, 0.2) is 54.6 Å². The van der Waals surface area contributed by atoms with Crippen LogP contribution in [0, 0.1) is 0 Å². The summed E-state index contributed by atoms with van der Waals surface area (Å²) in [5, 5.41) is 21.0. The van der Waals surface area contributed by atoms with Crippen LogP contribution in [0.2, 0.25) is 0 Å². The fourth-order valence-corrected chi connectivity index (χ4v) is 1.77. The van der Waals surface area contributed by atoms with E-state index in [2.05, 4.69) is 5.32 Å². The van der Waals surface area contributed by atoms with Crippen LogP contribution < -0.4 is 10.1 Å². The fourth-order valence-electron chi connectivity index (χ4n) is 1.77. The Labute approximate surface area is 122 Å². The van der Waals surface area contributed by atoms with E-state index in [9.17, 15) is 9.90 Å². The Bertz CT molecular complexity index is 569. The maximum Gasteiger partial charge on any atom is 0.306 e. The van der Waals surface area contributed by atoms with Crippen molar-refractivity contribution in [3.05, 3.63) is 54.6 Å². The molecule has 110 valence electrons. The van der Waals surface area contributed by atoms with Gasteiger partial charge in [0, 0.05) is 12.2 Å². The number of para-hydroxylation sites is 1. The van der Waals surface area contributed by atoms with E-state index < -0.39 is 12.1 Å². The summed E-state index contributed by atoms with van der Waals surface area (Å²) in [6.07, 6.45) is -1.19. The van der Waals surface area contributed by atoms with Crippen molar-refractivity contribution in [3.8, 4) is 11.5 Å². The van der Waals surface area contributed by atoms with Gasteiger partial charge in [-0.1, -0.05) is 18.2 Å². The Balaban J connectivity index is 1.86. The second-order valence-electron chi connectivity index (χ2n) is 4.57. The molecule has 2 aromatic rings. The van der Waals surface area contributed by atoms with Crippen molar-refractivity contribution in [2.24, 2.45) is 0 Å². The molecule has 1 unspecified atom stereocenters. The number of hydrogen-bond acceptors (Lipinski definition) is 4. The highest BCUT2D eigenvalue weighted by atomic mass is 16.5. The van der Waals surface area contributed by atoms with Crippen LogP contribution in [0.3, 0.4) is 0 Å². The first-order valence-electron chi connectivity index (χ1n) is 6.60. The molecule has 0 bridgehead atoms. The number of aliphatic hydroxyl groups is 1. The number of ether oxygens (including phenoxy) is 1. The summed E-state index contributed by atoms with van der Waals surface area (Å²) in [5.74, 6) is 0.448. The predicted octanol–water partition coefficient (Wildman–Crippen LogP) is 2.73. The van der Waals surface area contributed by atoms with Crippen LogP contribution in [-0.2, 0) is 4.79 Å². The maximum absolute atomic E-state index is 10.4. The second-order valence-corrected chi connectivity index (χ2v) is 4.57. The maximum atomic E-state index is 10.4. The SMILES string of the molecule is O=C(O)CC(O)CNc1ccc(Oc2ccccc2)cc1. The van der Waals surface area contributed by atoms with Crippen LogP contribution in [0.1, 0.15) is 6.42 Å². The molecule has 0 aliphatic carbocycles. The summed E-state index contributed by atoms with van der Waals surface area (Å²) >= 11 is 0. The summed E-state index contributed by atoms with van der Waals surface area (Å²) < 4.78 is 5.66. The quantitative estimate of drug-likeness (QED) is 0.729. The highest BCUT2D eigenvalue weighted by molar-refractivity contribution is 5.67. The molecule has 2 rings (SSSR count). The number of benzene rings is 2. The van der Waals surface area contributed by atoms with Gasteiger partial charge in [0.1, 0.15) is 11.5 Å². The third-order valence-electron chi connectivity index (χ3n) is 2.79. The van der Waals surface area contributed by atoms with Gasteiger partial charge in [-0.2, -0.15) is 0 Å².